The Morgan fingerprint density at radius 2 is 2.50 bits per heavy atom. The highest BCUT2D eigenvalue weighted by Gasteiger charge is 1.57. The van der Waals surface area contributed by atoms with E-state index in [0.717, 1.165) is 6.54 Å². The lowest BCUT2D eigenvalue weighted by atomic mass is 10.5. The Morgan fingerprint density at radius 1 is 1.83 bits per heavy atom. The molecule has 0 bridgehead atoms. The van der Waals surface area contributed by atoms with Gasteiger partial charge in [0, 0.05) is 0 Å². The zero-order valence-electron chi connectivity index (χ0n) is 4.02. The molecule has 1 heteroatoms. The largest absolute Gasteiger partial charge is 0.297 e. The third-order valence-corrected chi connectivity index (χ3v) is 0.470. The Labute approximate surface area is 38.4 Å². The number of nitrogens with zero attached hydrogens (tertiary/aromatic N) is 1. The molecule has 0 N–H and O–H groups in total. The quantitative estimate of drug-likeness (QED) is 0.352. The molecule has 34 valence electrons. The molecule has 6 heavy (non-hydrogen) atoms. The molecule has 0 saturated carbocycles. The van der Waals surface area contributed by atoms with Crippen LogP contribution in [0.2, 0.25) is 0 Å². The van der Waals surface area contributed by atoms with Crippen molar-refractivity contribution in [1.82, 2.24) is 0 Å². The van der Waals surface area contributed by atoms with Crippen molar-refractivity contribution in [2.24, 2.45) is 4.99 Å². The van der Waals surface area contributed by atoms with Crippen LogP contribution in [0.1, 0.15) is 6.92 Å². The maximum Gasteiger partial charge on any atom is 0.0563 e. The van der Waals surface area contributed by atoms with E-state index in [1.807, 2.05) is 19.1 Å². The molecule has 0 aromatic rings. The molecule has 1 nitrogen and oxygen atoms in total. The maximum atomic E-state index is 3.59. The van der Waals surface area contributed by atoms with E-state index in [-0.39, 0.29) is 0 Å². The Hall–Kier alpha value is -0.590. The van der Waals surface area contributed by atoms with Gasteiger partial charge in [-0.1, -0.05) is 12.2 Å². The average molecular weight is 83.1 g/mol. The van der Waals surface area contributed by atoms with Gasteiger partial charge >= 0.3 is 0 Å². The van der Waals surface area contributed by atoms with Gasteiger partial charge in [0.1, 0.15) is 0 Å². The van der Waals surface area contributed by atoms with Crippen molar-refractivity contribution in [1.29, 1.82) is 0 Å². The first-order valence-electron chi connectivity index (χ1n) is 1.95. The molecule has 0 saturated heterocycles. The van der Waals surface area contributed by atoms with Gasteiger partial charge < -0.3 is 0 Å². The van der Waals surface area contributed by atoms with Gasteiger partial charge in [-0.05, 0) is 13.6 Å². The van der Waals surface area contributed by atoms with Gasteiger partial charge in [-0.3, -0.25) is 4.99 Å². The van der Waals surface area contributed by atoms with Crippen LogP contribution in [0.25, 0.3) is 0 Å². The Bertz CT molecular complexity index is 55.0. The van der Waals surface area contributed by atoms with Crippen LogP contribution in [0.15, 0.2) is 17.1 Å². The molecule has 0 rings (SSSR count). The standard InChI is InChI=1S/C5H9N/c1-3-4-5-6-2/h3-4H,2,5H2,1H3/b4-3+. The summed E-state index contributed by atoms with van der Waals surface area (Å²) in [4.78, 5) is 3.59. The second-order valence-corrected chi connectivity index (χ2v) is 0.975. The minimum atomic E-state index is 0.747. The third kappa shape index (κ3) is 3.41. The van der Waals surface area contributed by atoms with Crippen LogP contribution in [0.5, 0.6) is 0 Å². The van der Waals surface area contributed by atoms with Crippen LogP contribution in [-0.2, 0) is 0 Å². The first kappa shape index (κ1) is 5.41. The first-order valence-corrected chi connectivity index (χ1v) is 1.95. The molecule has 0 heterocycles. The molecule has 0 amide bonds. The van der Waals surface area contributed by atoms with Crippen molar-refractivity contribution in [2.45, 2.75) is 6.92 Å². The third-order valence-electron chi connectivity index (χ3n) is 0.470. The molecular formula is C5H9N. The van der Waals surface area contributed by atoms with Crippen molar-refractivity contribution in [2.75, 3.05) is 6.54 Å². The molecule has 0 radical (unpaired) electrons. The van der Waals surface area contributed by atoms with Crippen molar-refractivity contribution in [3.8, 4) is 0 Å². The fourth-order valence-corrected chi connectivity index (χ4v) is 0.180. The predicted octanol–water partition coefficient (Wildman–Crippen LogP) is 1.26. The summed E-state index contributed by atoms with van der Waals surface area (Å²) in [7, 11) is 0. The SMILES string of the molecule is C=NC/C=C/C. The maximum absolute atomic E-state index is 3.59. The molecule has 0 aromatic carbocycles. The molecule has 0 fully saturated rings. The van der Waals surface area contributed by atoms with Crippen LogP contribution in [-0.4, -0.2) is 13.3 Å². The van der Waals surface area contributed by atoms with Gasteiger partial charge in [0.15, 0.2) is 0 Å². The van der Waals surface area contributed by atoms with E-state index in [4.69, 9.17) is 0 Å². The molecule has 0 unspecified atom stereocenters. The van der Waals surface area contributed by atoms with Crippen molar-refractivity contribution in [3.63, 3.8) is 0 Å². The fourth-order valence-electron chi connectivity index (χ4n) is 0.180. The normalized spacial score (nSPS) is 9.50. The van der Waals surface area contributed by atoms with Crippen molar-refractivity contribution < 1.29 is 0 Å². The Kier molecular flexibility index (Phi) is 3.98. The summed E-state index contributed by atoms with van der Waals surface area (Å²) in [6, 6.07) is 0. The average Bonchev–Trinajstić information content (AvgIpc) is 1.61. The molecule has 0 aliphatic heterocycles. The molecule has 0 aliphatic rings. The van der Waals surface area contributed by atoms with Crippen LogP contribution >= 0.6 is 0 Å². The van der Waals surface area contributed by atoms with Gasteiger partial charge in [0.05, 0.1) is 6.54 Å². The zero-order valence-corrected chi connectivity index (χ0v) is 4.02. The fraction of sp³-hybridized carbons (Fsp3) is 0.400. The topological polar surface area (TPSA) is 12.4 Å². The summed E-state index contributed by atoms with van der Waals surface area (Å²) in [5, 5.41) is 0. The van der Waals surface area contributed by atoms with Gasteiger partial charge in [-0.15, -0.1) is 0 Å². The van der Waals surface area contributed by atoms with Crippen molar-refractivity contribution >= 4 is 6.72 Å². The highest BCUT2D eigenvalue weighted by Crippen LogP contribution is 1.68. The summed E-state index contributed by atoms with van der Waals surface area (Å²) in [6.45, 7) is 6.01. The number of rotatable bonds is 2. The molecular weight excluding hydrogens is 74.1 g/mol. The molecule has 0 aliphatic carbocycles. The number of aliphatic imine (C=N–C) groups is 1. The summed E-state index contributed by atoms with van der Waals surface area (Å²) in [5.41, 5.74) is 0. The highest BCUT2D eigenvalue weighted by molar-refractivity contribution is 5.23. The number of allylic oxidation sites excluding steroid dienone is 1. The summed E-state index contributed by atoms with van der Waals surface area (Å²) < 4.78 is 0. The van der Waals surface area contributed by atoms with E-state index >= 15 is 0 Å². The second-order valence-electron chi connectivity index (χ2n) is 0.975. The van der Waals surface area contributed by atoms with E-state index < -0.39 is 0 Å². The summed E-state index contributed by atoms with van der Waals surface area (Å²) >= 11 is 0. The Morgan fingerprint density at radius 3 is 2.67 bits per heavy atom. The lowest BCUT2D eigenvalue weighted by Crippen LogP contribution is -1.63. The molecule has 0 aromatic heterocycles. The van der Waals surface area contributed by atoms with E-state index in [9.17, 15) is 0 Å². The smallest absolute Gasteiger partial charge is 0.0563 e. The second kappa shape index (κ2) is 4.41. The van der Waals surface area contributed by atoms with Crippen molar-refractivity contribution in [3.05, 3.63) is 12.2 Å². The lowest BCUT2D eigenvalue weighted by Gasteiger charge is -1.71. The first-order chi connectivity index (χ1) is 2.91. The van der Waals surface area contributed by atoms with E-state index in [2.05, 4.69) is 11.7 Å². The summed E-state index contributed by atoms with van der Waals surface area (Å²) in [5.74, 6) is 0. The minimum Gasteiger partial charge on any atom is -0.297 e. The van der Waals surface area contributed by atoms with Gasteiger partial charge in [-0.25, -0.2) is 0 Å². The lowest BCUT2D eigenvalue weighted by molar-refractivity contribution is 1.26. The van der Waals surface area contributed by atoms with E-state index in [0.29, 0.717) is 0 Å². The Balaban J connectivity index is 2.85. The van der Waals surface area contributed by atoms with Crippen LogP contribution in [0, 0.1) is 0 Å². The monoisotopic (exact) mass is 83.1 g/mol. The number of hydrogen-bond acceptors (Lipinski definition) is 1. The highest BCUT2D eigenvalue weighted by atomic mass is 14.6. The van der Waals surface area contributed by atoms with Crippen LogP contribution in [0.3, 0.4) is 0 Å². The van der Waals surface area contributed by atoms with Gasteiger partial charge in [0.2, 0.25) is 0 Å². The zero-order chi connectivity index (χ0) is 4.83. The van der Waals surface area contributed by atoms with Crippen LogP contribution in [0.4, 0.5) is 0 Å². The van der Waals surface area contributed by atoms with Crippen LogP contribution < -0.4 is 0 Å². The summed E-state index contributed by atoms with van der Waals surface area (Å²) in [6.07, 6.45) is 3.90. The molecule has 0 spiro atoms. The van der Waals surface area contributed by atoms with E-state index in [1.54, 1.807) is 0 Å². The van der Waals surface area contributed by atoms with E-state index in [1.165, 1.54) is 0 Å². The van der Waals surface area contributed by atoms with Gasteiger partial charge in [-0.2, -0.15) is 0 Å². The number of hydrogen-bond donors (Lipinski definition) is 0. The minimum absolute atomic E-state index is 0.747. The predicted molar refractivity (Wildman–Crippen MR) is 29.2 cm³/mol. The molecule has 0 atom stereocenters. The van der Waals surface area contributed by atoms with Gasteiger partial charge in [0.25, 0.3) is 0 Å².